The zero-order valence-corrected chi connectivity index (χ0v) is 10.8. The summed E-state index contributed by atoms with van der Waals surface area (Å²) < 4.78 is 22.4. The molecule has 2 rings (SSSR count). The number of carbonyl (C=O) groups excluding carboxylic acids is 1. The topological polar surface area (TPSA) is 75.3 Å². The predicted octanol–water partition coefficient (Wildman–Crippen LogP) is -0.321. The number of hydrogen-bond acceptors (Lipinski definition) is 4. The van der Waals surface area contributed by atoms with Crippen molar-refractivity contribution in [3.8, 4) is 0 Å². The highest BCUT2D eigenvalue weighted by Crippen LogP contribution is 2.19. The quantitative estimate of drug-likeness (QED) is 0.642. The molecule has 2 aliphatic rings. The van der Waals surface area contributed by atoms with Crippen LogP contribution in [-0.2, 0) is 14.6 Å². The Balaban J connectivity index is 1.57. The fourth-order valence-corrected chi connectivity index (χ4v) is 3.78. The summed E-state index contributed by atoms with van der Waals surface area (Å²) in [4.78, 5) is 11.6. The third kappa shape index (κ3) is 4.27. The fourth-order valence-electron chi connectivity index (χ4n) is 2.04. The Morgan fingerprint density at radius 3 is 2.53 bits per heavy atom. The average molecular weight is 260 g/mol. The molecule has 2 fully saturated rings. The zero-order valence-electron chi connectivity index (χ0n) is 9.94. The highest BCUT2D eigenvalue weighted by Gasteiger charge is 2.32. The lowest BCUT2D eigenvalue weighted by Gasteiger charge is -2.09. The lowest BCUT2D eigenvalue weighted by Crippen LogP contribution is -2.33. The van der Waals surface area contributed by atoms with Crippen molar-refractivity contribution >= 4 is 15.7 Å². The first-order chi connectivity index (χ1) is 8.07. The first-order valence-electron chi connectivity index (χ1n) is 6.28. The summed E-state index contributed by atoms with van der Waals surface area (Å²) in [6.45, 7) is 1.56. The minimum Gasteiger partial charge on any atom is -0.356 e. The van der Waals surface area contributed by atoms with Gasteiger partial charge in [-0.1, -0.05) is 0 Å². The molecular formula is C11H20N2O3S. The van der Waals surface area contributed by atoms with Crippen LogP contribution in [-0.4, -0.2) is 45.0 Å². The third-order valence-corrected chi connectivity index (χ3v) is 5.03. The summed E-state index contributed by atoms with van der Waals surface area (Å²) in [7, 11) is -2.95. The van der Waals surface area contributed by atoms with E-state index in [9.17, 15) is 13.2 Å². The van der Waals surface area contributed by atoms with Crippen molar-refractivity contribution in [1.82, 2.24) is 10.6 Å². The van der Waals surface area contributed by atoms with E-state index in [2.05, 4.69) is 10.6 Å². The van der Waals surface area contributed by atoms with Gasteiger partial charge < -0.3 is 10.6 Å². The molecule has 98 valence electrons. The van der Waals surface area contributed by atoms with Crippen LogP contribution in [0, 0.1) is 5.92 Å². The Morgan fingerprint density at radius 1 is 1.18 bits per heavy atom. The minimum absolute atomic E-state index is 0.0269. The lowest BCUT2D eigenvalue weighted by molar-refractivity contribution is -0.124. The molecule has 0 aromatic carbocycles. The molecule has 0 radical (unpaired) electrons. The van der Waals surface area contributed by atoms with Crippen molar-refractivity contribution in [2.75, 3.05) is 24.6 Å². The first kappa shape index (κ1) is 12.8. The van der Waals surface area contributed by atoms with E-state index in [4.69, 9.17) is 0 Å². The van der Waals surface area contributed by atoms with Crippen LogP contribution in [0.3, 0.4) is 0 Å². The highest BCUT2D eigenvalue weighted by molar-refractivity contribution is 7.91. The Hall–Kier alpha value is -0.620. The van der Waals surface area contributed by atoms with Crippen LogP contribution in [0.25, 0.3) is 0 Å². The van der Waals surface area contributed by atoms with Crippen molar-refractivity contribution in [2.24, 2.45) is 5.92 Å². The Kier molecular flexibility index (Phi) is 4.04. The monoisotopic (exact) mass is 260 g/mol. The molecule has 1 heterocycles. The van der Waals surface area contributed by atoms with E-state index in [1.54, 1.807) is 0 Å². The van der Waals surface area contributed by atoms with Crippen molar-refractivity contribution in [2.45, 2.75) is 31.7 Å². The van der Waals surface area contributed by atoms with Crippen LogP contribution in [0.4, 0.5) is 0 Å². The molecule has 5 nitrogen and oxygen atoms in total. The molecule has 1 atom stereocenters. The molecule has 0 spiro atoms. The van der Waals surface area contributed by atoms with Crippen LogP contribution < -0.4 is 10.6 Å². The van der Waals surface area contributed by atoms with Gasteiger partial charge in [0.2, 0.25) is 5.91 Å². The summed E-state index contributed by atoms with van der Waals surface area (Å²) in [5.41, 5.74) is 0. The van der Waals surface area contributed by atoms with Crippen LogP contribution in [0.5, 0.6) is 0 Å². The van der Waals surface area contributed by atoms with Gasteiger partial charge in [0.1, 0.15) is 0 Å². The van der Waals surface area contributed by atoms with E-state index in [0.29, 0.717) is 19.0 Å². The molecule has 0 aromatic heterocycles. The number of amides is 1. The standard InChI is InChI=1S/C11H20N2O3S/c14-11(9-4-7-17(15,16)8-9)13-6-1-5-12-10-2-3-10/h9-10,12H,1-8H2,(H,13,14). The van der Waals surface area contributed by atoms with Gasteiger partial charge >= 0.3 is 0 Å². The van der Waals surface area contributed by atoms with Crippen LogP contribution in [0.2, 0.25) is 0 Å². The molecule has 1 saturated carbocycles. The Labute approximate surface area is 102 Å². The van der Waals surface area contributed by atoms with Gasteiger partial charge in [0.15, 0.2) is 9.84 Å². The average Bonchev–Trinajstić information content (AvgIpc) is 3.01. The van der Waals surface area contributed by atoms with E-state index in [1.807, 2.05) is 0 Å². The lowest BCUT2D eigenvalue weighted by atomic mass is 10.1. The summed E-state index contributed by atoms with van der Waals surface area (Å²) >= 11 is 0. The minimum atomic E-state index is -2.95. The van der Waals surface area contributed by atoms with Gasteiger partial charge in [-0.2, -0.15) is 0 Å². The predicted molar refractivity (Wildman–Crippen MR) is 65.4 cm³/mol. The number of rotatable bonds is 6. The first-order valence-corrected chi connectivity index (χ1v) is 8.10. The SMILES string of the molecule is O=C(NCCCNC1CC1)C1CCS(=O)(=O)C1. The van der Waals surface area contributed by atoms with Gasteiger partial charge in [-0.05, 0) is 32.2 Å². The maximum atomic E-state index is 11.6. The van der Waals surface area contributed by atoms with Crippen LogP contribution >= 0.6 is 0 Å². The molecule has 1 saturated heterocycles. The van der Waals surface area contributed by atoms with Crippen LogP contribution in [0.1, 0.15) is 25.7 Å². The summed E-state index contributed by atoms with van der Waals surface area (Å²) in [6.07, 6.45) is 3.93. The van der Waals surface area contributed by atoms with Gasteiger partial charge in [-0.25, -0.2) is 8.42 Å². The second-order valence-corrected chi connectivity index (χ2v) is 7.20. The molecule has 0 aromatic rings. The maximum absolute atomic E-state index is 11.6. The second-order valence-electron chi connectivity index (χ2n) is 4.97. The van der Waals surface area contributed by atoms with E-state index < -0.39 is 9.84 Å². The zero-order chi connectivity index (χ0) is 12.3. The smallest absolute Gasteiger partial charge is 0.224 e. The van der Waals surface area contributed by atoms with E-state index >= 15 is 0 Å². The highest BCUT2D eigenvalue weighted by atomic mass is 32.2. The second kappa shape index (κ2) is 5.35. The van der Waals surface area contributed by atoms with E-state index in [0.717, 1.165) is 13.0 Å². The van der Waals surface area contributed by atoms with Gasteiger partial charge in [0, 0.05) is 12.6 Å². The molecular weight excluding hydrogens is 240 g/mol. The van der Waals surface area contributed by atoms with Crippen LogP contribution in [0.15, 0.2) is 0 Å². The fraction of sp³-hybridized carbons (Fsp3) is 0.909. The van der Waals surface area contributed by atoms with Gasteiger partial charge in [-0.15, -0.1) is 0 Å². The molecule has 17 heavy (non-hydrogen) atoms. The molecule has 6 heteroatoms. The largest absolute Gasteiger partial charge is 0.356 e. The number of sulfone groups is 1. The number of carbonyl (C=O) groups is 1. The maximum Gasteiger partial charge on any atom is 0.224 e. The molecule has 1 unspecified atom stereocenters. The van der Waals surface area contributed by atoms with Crippen molar-refractivity contribution in [3.63, 3.8) is 0 Å². The van der Waals surface area contributed by atoms with E-state index in [-0.39, 0.29) is 23.3 Å². The number of nitrogens with one attached hydrogen (secondary N) is 2. The molecule has 1 aliphatic carbocycles. The Morgan fingerprint density at radius 2 is 1.94 bits per heavy atom. The van der Waals surface area contributed by atoms with Crippen molar-refractivity contribution < 1.29 is 13.2 Å². The molecule has 0 bridgehead atoms. The molecule has 2 N–H and O–H groups in total. The molecule has 1 aliphatic heterocycles. The third-order valence-electron chi connectivity index (χ3n) is 3.27. The van der Waals surface area contributed by atoms with E-state index in [1.165, 1.54) is 12.8 Å². The molecule has 1 amide bonds. The van der Waals surface area contributed by atoms with Crippen molar-refractivity contribution in [1.29, 1.82) is 0 Å². The summed E-state index contributed by atoms with van der Waals surface area (Å²) in [5, 5.41) is 6.18. The van der Waals surface area contributed by atoms with Gasteiger partial charge in [-0.3, -0.25) is 4.79 Å². The number of hydrogen-bond donors (Lipinski definition) is 2. The van der Waals surface area contributed by atoms with Gasteiger partial charge in [0.25, 0.3) is 0 Å². The Bertz CT molecular complexity index is 376. The van der Waals surface area contributed by atoms with Gasteiger partial charge in [0.05, 0.1) is 17.4 Å². The summed E-state index contributed by atoms with van der Waals surface area (Å²) in [5.74, 6) is -0.234. The van der Waals surface area contributed by atoms with Crippen molar-refractivity contribution in [3.05, 3.63) is 0 Å². The summed E-state index contributed by atoms with van der Waals surface area (Å²) in [6, 6.07) is 0.700. The normalized spacial score (nSPS) is 26.9.